The summed E-state index contributed by atoms with van der Waals surface area (Å²) < 4.78 is 0. The largest absolute Gasteiger partial charge is 0.481 e. The Bertz CT molecular complexity index is 833. The molecule has 0 aliphatic rings. The number of unbranched alkanes of at least 4 members (excludes halogenated alkanes) is 1. The summed E-state index contributed by atoms with van der Waals surface area (Å²) in [5, 5.41) is 34.3. The number of carbonyl (C=O) groups is 5. The van der Waals surface area contributed by atoms with E-state index in [2.05, 4.69) is 25.9 Å². The lowest BCUT2D eigenvalue weighted by molar-refractivity contribution is -0.147. The van der Waals surface area contributed by atoms with Crippen molar-refractivity contribution in [3.63, 3.8) is 0 Å². The Labute approximate surface area is 194 Å². The summed E-state index contributed by atoms with van der Waals surface area (Å²) in [4.78, 5) is 66.3. The summed E-state index contributed by atoms with van der Waals surface area (Å²) >= 11 is 0. The Morgan fingerprint density at radius 3 is 2.12 bits per heavy atom. The van der Waals surface area contributed by atoms with E-state index in [1.807, 2.05) is 0 Å². The molecule has 0 aromatic carbocycles. The minimum atomic E-state index is -1.74. The number of carbonyl (C=O) groups excluding carboxylic acids is 3. The van der Waals surface area contributed by atoms with Crippen LogP contribution in [0, 0.1) is 0 Å². The molecule has 0 saturated heterocycles. The number of aliphatic carboxylic acids is 2. The minimum absolute atomic E-state index is 0.165. The SMILES string of the molecule is NCCCCC(N)C(=O)NC(CO)C(=O)NC(Cc1cnc[nH]1)C(=O)NC(CC(=O)O)C(=O)O. The van der Waals surface area contributed by atoms with Crippen LogP contribution in [-0.2, 0) is 30.4 Å². The highest BCUT2D eigenvalue weighted by Gasteiger charge is 2.31. The zero-order valence-corrected chi connectivity index (χ0v) is 18.4. The van der Waals surface area contributed by atoms with Crippen molar-refractivity contribution in [3.8, 4) is 0 Å². The average Bonchev–Trinajstić information content (AvgIpc) is 3.29. The first kappa shape index (κ1) is 28.5. The topological polar surface area (TPSA) is 263 Å². The predicted octanol–water partition coefficient (Wildman–Crippen LogP) is -3.59. The van der Waals surface area contributed by atoms with Gasteiger partial charge < -0.3 is 47.7 Å². The third kappa shape index (κ3) is 9.93. The Morgan fingerprint density at radius 2 is 1.59 bits per heavy atom. The first-order valence-electron chi connectivity index (χ1n) is 10.5. The molecule has 0 aliphatic carbocycles. The van der Waals surface area contributed by atoms with Crippen molar-refractivity contribution in [2.24, 2.45) is 11.5 Å². The molecule has 1 heterocycles. The first-order valence-corrected chi connectivity index (χ1v) is 10.5. The van der Waals surface area contributed by atoms with Crippen LogP contribution in [-0.4, -0.2) is 92.3 Å². The molecule has 0 spiro atoms. The molecule has 4 atom stereocenters. The van der Waals surface area contributed by atoms with Crippen molar-refractivity contribution in [1.82, 2.24) is 25.9 Å². The van der Waals surface area contributed by atoms with E-state index in [1.165, 1.54) is 12.5 Å². The number of nitrogens with one attached hydrogen (secondary N) is 4. The number of H-pyrrole nitrogens is 1. The lowest BCUT2D eigenvalue weighted by Gasteiger charge is -2.24. The van der Waals surface area contributed by atoms with Gasteiger partial charge in [-0.05, 0) is 19.4 Å². The Morgan fingerprint density at radius 1 is 0.971 bits per heavy atom. The summed E-state index contributed by atoms with van der Waals surface area (Å²) in [7, 11) is 0. The molecule has 4 unspecified atom stereocenters. The van der Waals surface area contributed by atoms with Gasteiger partial charge in [-0.1, -0.05) is 6.42 Å². The van der Waals surface area contributed by atoms with E-state index in [-0.39, 0.29) is 6.42 Å². The van der Waals surface area contributed by atoms with Crippen LogP contribution in [0.25, 0.3) is 0 Å². The zero-order chi connectivity index (χ0) is 25.7. The number of imidazole rings is 1. The van der Waals surface area contributed by atoms with E-state index in [1.54, 1.807) is 0 Å². The molecular formula is C19H31N7O8. The highest BCUT2D eigenvalue weighted by Crippen LogP contribution is 2.03. The summed E-state index contributed by atoms with van der Waals surface area (Å²) in [5.74, 6) is -5.64. The van der Waals surface area contributed by atoms with Crippen molar-refractivity contribution in [1.29, 1.82) is 0 Å². The molecule has 0 fully saturated rings. The van der Waals surface area contributed by atoms with Gasteiger partial charge in [0.15, 0.2) is 0 Å². The second-order valence-electron chi connectivity index (χ2n) is 7.47. The summed E-state index contributed by atoms with van der Waals surface area (Å²) in [6.07, 6.45) is 3.20. The van der Waals surface area contributed by atoms with Gasteiger partial charge in [-0.25, -0.2) is 9.78 Å². The number of aliphatic hydroxyl groups is 1. The van der Waals surface area contributed by atoms with Gasteiger partial charge in [-0.2, -0.15) is 0 Å². The van der Waals surface area contributed by atoms with Gasteiger partial charge in [-0.3, -0.25) is 19.2 Å². The molecule has 15 nitrogen and oxygen atoms in total. The molecule has 1 aromatic heterocycles. The maximum atomic E-state index is 12.7. The molecule has 0 radical (unpaired) electrons. The van der Waals surface area contributed by atoms with Crippen LogP contribution in [0.4, 0.5) is 0 Å². The molecule has 190 valence electrons. The molecule has 0 saturated carbocycles. The number of nitrogens with zero attached hydrogens (tertiary/aromatic N) is 1. The normalized spacial score (nSPS) is 14.3. The van der Waals surface area contributed by atoms with Gasteiger partial charge in [0, 0.05) is 18.3 Å². The number of nitrogens with two attached hydrogens (primary N) is 2. The van der Waals surface area contributed by atoms with E-state index >= 15 is 0 Å². The van der Waals surface area contributed by atoms with E-state index in [4.69, 9.17) is 21.7 Å². The zero-order valence-electron chi connectivity index (χ0n) is 18.4. The van der Waals surface area contributed by atoms with Gasteiger partial charge in [0.05, 0.1) is 25.4 Å². The second-order valence-corrected chi connectivity index (χ2v) is 7.47. The van der Waals surface area contributed by atoms with Crippen LogP contribution in [0.5, 0.6) is 0 Å². The number of carboxylic acids is 2. The van der Waals surface area contributed by atoms with Crippen LogP contribution in [0.3, 0.4) is 0 Å². The van der Waals surface area contributed by atoms with Crippen LogP contribution < -0.4 is 27.4 Å². The molecule has 1 aromatic rings. The third-order valence-corrected chi connectivity index (χ3v) is 4.73. The number of aliphatic hydroxyl groups excluding tert-OH is 1. The molecule has 0 bridgehead atoms. The smallest absolute Gasteiger partial charge is 0.326 e. The average molecular weight is 485 g/mol. The highest BCUT2D eigenvalue weighted by atomic mass is 16.4. The van der Waals surface area contributed by atoms with Crippen molar-refractivity contribution < 1.29 is 39.3 Å². The lowest BCUT2D eigenvalue weighted by Crippen LogP contribution is -2.58. The molecule has 11 N–H and O–H groups in total. The number of hydrogen-bond donors (Lipinski definition) is 9. The van der Waals surface area contributed by atoms with Gasteiger partial charge in [0.2, 0.25) is 17.7 Å². The molecule has 0 aliphatic heterocycles. The molecular weight excluding hydrogens is 454 g/mol. The summed E-state index contributed by atoms with van der Waals surface area (Å²) in [6, 6.07) is -5.51. The van der Waals surface area contributed by atoms with Crippen molar-refractivity contribution in [2.45, 2.75) is 56.3 Å². The minimum Gasteiger partial charge on any atom is -0.481 e. The molecule has 3 amide bonds. The maximum Gasteiger partial charge on any atom is 0.326 e. The number of aromatic nitrogens is 2. The van der Waals surface area contributed by atoms with E-state index < -0.39 is 66.9 Å². The number of hydrogen-bond acceptors (Lipinski definition) is 9. The van der Waals surface area contributed by atoms with Crippen molar-refractivity contribution in [3.05, 3.63) is 18.2 Å². The van der Waals surface area contributed by atoms with E-state index in [0.29, 0.717) is 31.5 Å². The predicted molar refractivity (Wildman–Crippen MR) is 116 cm³/mol. The monoisotopic (exact) mass is 485 g/mol. The number of rotatable bonds is 16. The van der Waals surface area contributed by atoms with Gasteiger partial charge in [0.1, 0.15) is 18.1 Å². The third-order valence-electron chi connectivity index (χ3n) is 4.73. The van der Waals surface area contributed by atoms with Gasteiger partial charge in [-0.15, -0.1) is 0 Å². The standard InChI is InChI=1S/C19H31N7O8/c20-4-2-1-3-11(21)16(30)26-14(8-27)18(32)24-12(5-10-7-22-9-23-10)17(31)25-13(19(33)34)6-15(28)29/h7,9,11-14,27H,1-6,8,20-21H2,(H,22,23)(H,24,32)(H,25,31)(H,26,30)(H,28,29)(H,33,34). The summed E-state index contributed by atoms with van der Waals surface area (Å²) in [6.45, 7) is -0.368. The fourth-order valence-electron chi connectivity index (χ4n) is 2.86. The van der Waals surface area contributed by atoms with E-state index in [9.17, 15) is 29.1 Å². The van der Waals surface area contributed by atoms with Crippen molar-refractivity contribution >= 4 is 29.7 Å². The summed E-state index contributed by atoms with van der Waals surface area (Å²) in [5.41, 5.74) is 11.6. The lowest BCUT2D eigenvalue weighted by atomic mass is 10.1. The van der Waals surface area contributed by atoms with Crippen LogP contribution in [0.2, 0.25) is 0 Å². The fourth-order valence-corrected chi connectivity index (χ4v) is 2.86. The molecule has 15 heteroatoms. The molecule has 34 heavy (non-hydrogen) atoms. The molecule has 1 rings (SSSR count). The van der Waals surface area contributed by atoms with Crippen molar-refractivity contribution in [2.75, 3.05) is 13.2 Å². The van der Waals surface area contributed by atoms with Gasteiger partial charge >= 0.3 is 11.9 Å². The Hall–Kier alpha value is -3.56. The maximum absolute atomic E-state index is 12.7. The Kier molecular flexibility index (Phi) is 12.2. The fraction of sp³-hybridized carbons (Fsp3) is 0.579. The second kappa shape index (κ2) is 14.6. The Balaban J connectivity index is 2.90. The van der Waals surface area contributed by atoms with E-state index in [0.717, 1.165) is 0 Å². The number of aromatic amines is 1. The highest BCUT2D eigenvalue weighted by molar-refractivity contribution is 5.94. The van der Waals surface area contributed by atoms with Crippen LogP contribution in [0.15, 0.2) is 12.5 Å². The van der Waals surface area contributed by atoms with Crippen LogP contribution >= 0.6 is 0 Å². The number of amides is 3. The quantitative estimate of drug-likeness (QED) is 0.103. The first-order chi connectivity index (χ1) is 16.1. The van der Waals surface area contributed by atoms with Gasteiger partial charge in [0.25, 0.3) is 0 Å². The van der Waals surface area contributed by atoms with Crippen LogP contribution in [0.1, 0.15) is 31.4 Å². The number of carboxylic acid groups (broad SMARTS) is 2.